The molecule has 1 atom stereocenters. The molecule has 3 nitrogen and oxygen atoms in total. The van der Waals surface area contributed by atoms with E-state index >= 15 is 0 Å². The summed E-state index contributed by atoms with van der Waals surface area (Å²) in [5.41, 5.74) is -0.355. The van der Waals surface area contributed by atoms with E-state index in [9.17, 15) is 4.79 Å². The van der Waals surface area contributed by atoms with Gasteiger partial charge in [-0.2, -0.15) is 0 Å². The van der Waals surface area contributed by atoms with E-state index in [2.05, 4.69) is 5.32 Å². The predicted molar refractivity (Wildman–Crippen MR) is 32.8 cm³/mol. The Morgan fingerprint density at radius 1 is 1.89 bits per heavy atom. The molecule has 52 valence electrons. The topological polar surface area (TPSA) is 38.3 Å². The summed E-state index contributed by atoms with van der Waals surface area (Å²) in [6.07, 6.45) is 0.501. The molecule has 0 spiro atoms. The average molecular weight is 129 g/mol. The maximum atomic E-state index is 10.4. The summed E-state index contributed by atoms with van der Waals surface area (Å²) in [6.45, 7) is 4.43. The molecule has 1 rings (SSSR count). The van der Waals surface area contributed by atoms with Crippen LogP contribution in [0, 0.1) is 0 Å². The van der Waals surface area contributed by atoms with Crippen LogP contribution in [0.1, 0.15) is 20.3 Å². The lowest BCUT2D eigenvalue weighted by atomic mass is 10.0. The number of β-lactam (4-membered cyclic amide) rings is 1. The zero-order valence-electron chi connectivity index (χ0n) is 5.73. The monoisotopic (exact) mass is 129 g/mol. The van der Waals surface area contributed by atoms with Crippen molar-refractivity contribution in [3.8, 4) is 0 Å². The van der Waals surface area contributed by atoms with Gasteiger partial charge in [0.05, 0.1) is 6.42 Å². The van der Waals surface area contributed by atoms with Crippen LogP contribution in [0.2, 0.25) is 0 Å². The summed E-state index contributed by atoms with van der Waals surface area (Å²) in [5.74, 6) is 0.0750. The molecule has 1 saturated heterocycles. The van der Waals surface area contributed by atoms with Crippen molar-refractivity contribution < 1.29 is 9.53 Å². The van der Waals surface area contributed by atoms with Crippen LogP contribution < -0.4 is 5.32 Å². The van der Waals surface area contributed by atoms with Crippen molar-refractivity contribution in [2.75, 3.05) is 6.61 Å². The molecule has 9 heavy (non-hydrogen) atoms. The highest BCUT2D eigenvalue weighted by Crippen LogP contribution is 2.19. The van der Waals surface area contributed by atoms with Gasteiger partial charge in [-0.05, 0) is 13.8 Å². The highest BCUT2D eigenvalue weighted by Gasteiger charge is 2.38. The first-order valence-electron chi connectivity index (χ1n) is 3.11. The fourth-order valence-electron chi connectivity index (χ4n) is 0.989. The predicted octanol–water partition coefficient (Wildman–Crippen LogP) is 0.259. The number of ether oxygens (including phenoxy) is 1. The van der Waals surface area contributed by atoms with Gasteiger partial charge in [0.25, 0.3) is 0 Å². The maximum absolute atomic E-state index is 10.4. The Bertz CT molecular complexity index is 125. The molecule has 1 amide bonds. The molecule has 1 N–H and O–H groups in total. The van der Waals surface area contributed by atoms with Gasteiger partial charge in [0, 0.05) is 6.61 Å². The molecule has 0 bridgehead atoms. The van der Waals surface area contributed by atoms with Crippen molar-refractivity contribution in [2.45, 2.75) is 26.0 Å². The van der Waals surface area contributed by atoms with E-state index in [0.29, 0.717) is 13.0 Å². The van der Waals surface area contributed by atoms with Gasteiger partial charge < -0.3 is 10.1 Å². The van der Waals surface area contributed by atoms with Crippen LogP contribution in [0.4, 0.5) is 0 Å². The Labute approximate surface area is 54.4 Å². The second-order valence-corrected chi connectivity index (χ2v) is 2.39. The van der Waals surface area contributed by atoms with Crippen LogP contribution in [-0.4, -0.2) is 18.2 Å². The first-order valence-corrected chi connectivity index (χ1v) is 3.11. The fourth-order valence-corrected chi connectivity index (χ4v) is 0.989. The molecule has 1 unspecified atom stereocenters. The van der Waals surface area contributed by atoms with Crippen LogP contribution >= 0.6 is 0 Å². The second kappa shape index (κ2) is 1.99. The van der Waals surface area contributed by atoms with E-state index in [1.54, 1.807) is 0 Å². The summed E-state index contributed by atoms with van der Waals surface area (Å²) < 4.78 is 5.20. The Hall–Kier alpha value is -0.570. The molecule has 3 heteroatoms. The van der Waals surface area contributed by atoms with Crippen molar-refractivity contribution in [3.05, 3.63) is 0 Å². The minimum absolute atomic E-state index is 0.0750. The van der Waals surface area contributed by atoms with Crippen LogP contribution in [0.3, 0.4) is 0 Å². The van der Waals surface area contributed by atoms with E-state index in [-0.39, 0.29) is 11.6 Å². The summed E-state index contributed by atoms with van der Waals surface area (Å²) in [5, 5.41) is 2.66. The summed E-state index contributed by atoms with van der Waals surface area (Å²) in [7, 11) is 0. The first kappa shape index (κ1) is 6.55. The minimum atomic E-state index is -0.355. The Kier molecular flexibility index (Phi) is 1.45. The lowest BCUT2D eigenvalue weighted by molar-refractivity contribution is -0.158. The van der Waals surface area contributed by atoms with E-state index in [1.165, 1.54) is 0 Å². The Balaban J connectivity index is 2.31. The highest BCUT2D eigenvalue weighted by atomic mass is 16.5. The summed E-state index contributed by atoms with van der Waals surface area (Å²) in [6, 6.07) is 0. The van der Waals surface area contributed by atoms with Crippen molar-refractivity contribution >= 4 is 5.91 Å². The number of hydrogen-bond acceptors (Lipinski definition) is 2. The van der Waals surface area contributed by atoms with Crippen LogP contribution in [-0.2, 0) is 9.53 Å². The van der Waals surface area contributed by atoms with Crippen molar-refractivity contribution in [3.63, 3.8) is 0 Å². The lowest BCUT2D eigenvalue weighted by Gasteiger charge is -2.38. The van der Waals surface area contributed by atoms with Crippen molar-refractivity contribution in [2.24, 2.45) is 0 Å². The number of hydrogen-bond donors (Lipinski definition) is 1. The zero-order valence-corrected chi connectivity index (χ0v) is 5.73. The van der Waals surface area contributed by atoms with Gasteiger partial charge in [0.2, 0.25) is 5.91 Å². The standard InChI is InChI=1S/C6H11NO2/c1-3-9-6(2)4-5(8)7-6/h3-4H2,1-2H3,(H,7,8). The van der Waals surface area contributed by atoms with E-state index in [4.69, 9.17) is 4.74 Å². The Morgan fingerprint density at radius 3 is 2.78 bits per heavy atom. The van der Waals surface area contributed by atoms with Crippen LogP contribution in [0.5, 0.6) is 0 Å². The molecule has 1 aliphatic heterocycles. The molecule has 1 heterocycles. The Morgan fingerprint density at radius 2 is 2.44 bits per heavy atom. The zero-order chi connectivity index (χ0) is 6.91. The number of amides is 1. The van der Waals surface area contributed by atoms with E-state index in [0.717, 1.165) is 0 Å². The smallest absolute Gasteiger partial charge is 0.227 e. The highest BCUT2D eigenvalue weighted by molar-refractivity contribution is 5.83. The number of rotatable bonds is 2. The van der Waals surface area contributed by atoms with E-state index < -0.39 is 0 Å². The van der Waals surface area contributed by atoms with Crippen LogP contribution in [0.15, 0.2) is 0 Å². The quantitative estimate of drug-likeness (QED) is 0.543. The average Bonchev–Trinajstić information content (AvgIpc) is 1.62. The molecule has 0 aromatic rings. The fraction of sp³-hybridized carbons (Fsp3) is 0.833. The van der Waals surface area contributed by atoms with Crippen LogP contribution in [0.25, 0.3) is 0 Å². The third-order valence-corrected chi connectivity index (χ3v) is 1.36. The number of nitrogens with one attached hydrogen (secondary N) is 1. The van der Waals surface area contributed by atoms with Gasteiger partial charge >= 0.3 is 0 Å². The van der Waals surface area contributed by atoms with Gasteiger partial charge in [-0.25, -0.2) is 0 Å². The molecular formula is C6H11NO2. The normalized spacial score (nSPS) is 33.3. The molecule has 1 fully saturated rings. The molecule has 0 aromatic carbocycles. The first-order chi connectivity index (χ1) is 4.16. The second-order valence-electron chi connectivity index (χ2n) is 2.39. The van der Waals surface area contributed by atoms with Gasteiger partial charge in [0.1, 0.15) is 5.72 Å². The third-order valence-electron chi connectivity index (χ3n) is 1.36. The number of carbonyl (C=O) groups is 1. The van der Waals surface area contributed by atoms with Gasteiger partial charge in [-0.15, -0.1) is 0 Å². The van der Waals surface area contributed by atoms with Gasteiger partial charge in [-0.3, -0.25) is 4.79 Å². The molecule has 0 radical (unpaired) electrons. The number of carbonyl (C=O) groups excluding carboxylic acids is 1. The SMILES string of the molecule is CCOC1(C)CC(=O)N1. The third kappa shape index (κ3) is 1.21. The largest absolute Gasteiger partial charge is 0.356 e. The molecule has 0 saturated carbocycles. The molecule has 0 aliphatic carbocycles. The minimum Gasteiger partial charge on any atom is -0.356 e. The van der Waals surface area contributed by atoms with Crippen molar-refractivity contribution in [1.29, 1.82) is 0 Å². The summed E-state index contributed by atoms with van der Waals surface area (Å²) >= 11 is 0. The van der Waals surface area contributed by atoms with Gasteiger partial charge in [0.15, 0.2) is 0 Å². The maximum Gasteiger partial charge on any atom is 0.227 e. The molecule has 1 aliphatic rings. The molecule has 0 aromatic heterocycles. The van der Waals surface area contributed by atoms with Crippen molar-refractivity contribution in [1.82, 2.24) is 5.32 Å². The summed E-state index contributed by atoms with van der Waals surface area (Å²) in [4.78, 5) is 10.4. The lowest BCUT2D eigenvalue weighted by Crippen LogP contribution is -2.60. The van der Waals surface area contributed by atoms with Gasteiger partial charge in [-0.1, -0.05) is 0 Å². The molecular weight excluding hydrogens is 118 g/mol. The van der Waals surface area contributed by atoms with E-state index in [1.807, 2.05) is 13.8 Å².